The molecule has 0 saturated carbocycles. The Hall–Kier alpha value is -3.04. The number of hydrogen-bond donors (Lipinski definition) is 1. The summed E-state index contributed by atoms with van der Waals surface area (Å²) in [4.78, 5) is 16.6. The molecule has 8 nitrogen and oxygen atoms in total. The summed E-state index contributed by atoms with van der Waals surface area (Å²) in [7, 11) is -0.0548. The topological polar surface area (TPSA) is 105 Å². The average molecular weight is 386 g/mol. The molecule has 1 heterocycles. The third-order valence-electron chi connectivity index (χ3n) is 3.86. The summed E-state index contributed by atoms with van der Waals surface area (Å²) >= 11 is 0. The summed E-state index contributed by atoms with van der Waals surface area (Å²) in [5.74, 6) is 0. The lowest BCUT2D eigenvalue weighted by molar-refractivity contribution is -0.384. The first-order chi connectivity index (χ1) is 12.8. The Morgan fingerprint density at radius 3 is 2.41 bits per heavy atom. The minimum atomic E-state index is -3.91. The van der Waals surface area contributed by atoms with Crippen LogP contribution >= 0.6 is 0 Å². The number of nitro groups is 1. The summed E-state index contributed by atoms with van der Waals surface area (Å²) in [6.45, 7) is 0.624. The lowest BCUT2D eigenvalue weighted by Crippen LogP contribution is -2.14. The molecule has 0 aliphatic carbocycles. The molecule has 0 atom stereocenters. The van der Waals surface area contributed by atoms with E-state index in [0.717, 1.165) is 23.2 Å². The average Bonchev–Trinajstić information content (AvgIpc) is 2.61. The van der Waals surface area contributed by atoms with E-state index in [0.29, 0.717) is 17.7 Å². The van der Waals surface area contributed by atoms with Gasteiger partial charge >= 0.3 is 0 Å². The third-order valence-corrected chi connectivity index (χ3v) is 5.24. The van der Waals surface area contributed by atoms with Crippen LogP contribution in [0, 0.1) is 10.1 Å². The Kier molecular flexibility index (Phi) is 5.06. The molecule has 1 aromatic heterocycles. The standard InChI is InChI=1S/C18H18N4O4S/c1-21(2)12-14-7-6-13-4-3-5-17(18(13)19-14)20-27(25,26)16-10-8-15(9-11-16)22(23)24/h3-11,20H,12H2,1-2H3. The molecular formula is C18H18N4O4S. The molecule has 0 bridgehead atoms. The molecule has 1 N–H and O–H groups in total. The second-order valence-corrected chi connectivity index (χ2v) is 7.96. The van der Waals surface area contributed by atoms with Gasteiger partial charge in [-0.25, -0.2) is 13.4 Å². The predicted molar refractivity (Wildman–Crippen MR) is 103 cm³/mol. The second kappa shape index (κ2) is 7.29. The summed E-state index contributed by atoms with van der Waals surface area (Å²) < 4.78 is 27.9. The Morgan fingerprint density at radius 2 is 1.78 bits per heavy atom. The van der Waals surface area contributed by atoms with E-state index >= 15 is 0 Å². The number of sulfonamides is 1. The monoisotopic (exact) mass is 386 g/mol. The number of hydrogen-bond acceptors (Lipinski definition) is 6. The summed E-state index contributed by atoms with van der Waals surface area (Å²) in [6, 6.07) is 13.7. The van der Waals surface area contributed by atoms with Gasteiger partial charge in [-0.1, -0.05) is 18.2 Å². The number of para-hydroxylation sites is 1. The van der Waals surface area contributed by atoms with Crippen LogP contribution in [0.2, 0.25) is 0 Å². The first kappa shape index (κ1) is 18.7. The van der Waals surface area contributed by atoms with Gasteiger partial charge < -0.3 is 4.90 Å². The van der Waals surface area contributed by atoms with Crippen LogP contribution in [-0.2, 0) is 16.6 Å². The van der Waals surface area contributed by atoms with Gasteiger partial charge in [-0.2, -0.15) is 0 Å². The maximum atomic E-state index is 12.7. The SMILES string of the molecule is CN(C)Cc1ccc2cccc(NS(=O)(=O)c3ccc([N+](=O)[O-])cc3)c2n1. The molecule has 0 fully saturated rings. The van der Waals surface area contributed by atoms with Gasteiger partial charge in [-0.3, -0.25) is 14.8 Å². The van der Waals surface area contributed by atoms with Gasteiger partial charge in [0, 0.05) is 24.1 Å². The van der Waals surface area contributed by atoms with E-state index in [-0.39, 0.29) is 10.6 Å². The van der Waals surface area contributed by atoms with Crippen molar-refractivity contribution in [1.82, 2.24) is 9.88 Å². The van der Waals surface area contributed by atoms with Crippen LogP contribution in [0.15, 0.2) is 59.5 Å². The quantitative estimate of drug-likeness (QED) is 0.516. The van der Waals surface area contributed by atoms with Crippen molar-refractivity contribution in [2.45, 2.75) is 11.4 Å². The molecule has 0 aliphatic heterocycles. The van der Waals surface area contributed by atoms with Gasteiger partial charge in [-0.05, 0) is 38.4 Å². The number of nitrogens with zero attached hydrogens (tertiary/aromatic N) is 3. The number of benzene rings is 2. The van der Waals surface area contributed by atoms with Gasteiger partial charge in [0.1, 0.15) is 0 Å². The van der Waals surface area contributed by atoms with Gasteiger partial charge in [-0.15, -0.1) is 0 Å². The number of nitro benzene ring substituents is 1. The van der Waals surface area contributed by atoms with Crippen LogP contribution < -0.4 is 4.72 Å². The zero-order chi connectivity index (χ0) is 19.6. The highest BCUT2D eigenvalue weighted by Crippen LogP contribution is 2.25. The minimum absolute atomic E-state index is 0.0606. The van der Waals surface area contributed by atoms with E-state index in [1.165, 1.54) is 12.1 Å². The summed E-state index contributed by atoms with van der Waals surface area (Å²) in [5, 5.41) is 11.5. The highest BCUT2D eigenvalue weighted by atomic mass is 32.2. The van der Waals surface area contributed by atoms with Crippen LogP contribution in [0.5, 0.6) is 0 Å². The van der Waals surface area contributed by atoms with Crippen LogP contribution in [0.25, 0.3) is 10.9 Å². The fraction of sp³-hybridized carbons (Fsp3) is 0.167. The van der Waals surface area contributed by atoms with E-state index in [4.69, 9.17) is 0 Å². The minimum Gasteiger partial charge on any atom is -0.304 e. The first-order valence-corrected chi connectivity index (χ1v) is 9.55. The van der Waals surface area contributed by atoms with Gasteiger partial charge in [0.05, 0.1) is 26.7 Å². The van der Waals surface area contributed by atoms with Crippen molar-refractivity contribution >= 4 is 32.3 Å². The molecule has 9 heteroatoms. The largest absolute Gasteiger partial charge is 0.304 e. The molecule has 0 radical (unpaired) electrons. The highest BCUT2D eigenvalue weighted by Gasteiger charge is 2.17. The van der Waals surface area contributed by atoms with Crippen molar-refractivity contribution in [2.75, 3.05) is 18.8 Å². The highest BCUT2D eigenvalue weighted by molar-refractivity contribution is 7.92. The number of nitrogens with one attached hydrogen (secondary N) is 1. The number of rotatable bonds is 6. The van der Waals surface area contributed by atoms with Crippen LogP contribution in [0.3, 0.4) is 0 Å². The van der Waals surface area contributed by atoms with Crippen molar-refractivity contribution in [3.8, 4) is 0 Å². The smallest absolute Gasteiger partial charge is 0.269 e. The van der Waals surface area contributed by atoms with Crippen molar-refractivity contribution in [1.29, 1.82) is 0 Å². The molecule has 3 aromatic rings. The van der Waals surface area contributed by atoms with E-state index in [2.05, 4.69) is 9.71 Å². The third kappa shape index (κ3) is 4.21. The maximum absolute atomic E-state index is 12.7. The molecule has 140 valence electrons. The molecule has 2 aromatic carbocycles. The fourth-order valence-corrected chi connectivity index (χ4v) is 3.70. The first-order valence-electron chi connectivity index (χ1n) is 8.07. The van der Waals surface area contributed by atoms with Gasteiger partial charge in [0.2, 0.25) is 0 Å². The molecule has 0 unspecified atom stereocenters. The lowest BCUT2D eigenvalue weighted by atomic mass is 10.2. The van der Waals surface area contributed by atoms with Gasteiger partial charge in [0.15, 0.2) is 0 Å². The van der Waals surface area contributed by atoms with Crippen LogP contribution in [0.4, 0.5) is 11.4 Å². The van der Waals surface area contributed by atoms with E-state index in [1.807, 2.05) is 37.2 Å². The Balaban J connectivity index is 1.98. The van der Waals surface area contributed by atoms with Crippen molar-refractivity contribution in [2.24, 2.45) is 0 Å². The van der Waals surface area contributed by atoms with Crippen molar-refractivity contribution < 1.29 is 13.3 Å². The second-order valence-electron chi connectivity index (χ2n) is 6.27. The zero-order valence-corrected chi connectivity index (χ0v) is 15.6. The predicted octanol–water partition coefficient (Wildman–Crippen LogP) is 3.01. The number of aromatic nitrogens is 1. The van der Waals surface area contributed by atoms with Crippen LogP contribution in [-0.4, -0.2) is 37.3 Å². The summed E-state index contributed by atoms with van der Waals surface area (Å²) in [6.07, 6.45) is 0. The Bertz CT molecular complexity index is 1100. The van der Waals surface area contributed by atoms with Crippen molar-refractivity contribution in [3.63, 3.8) is 0 Å². The van der Waals surface area contributed by atoms with E-state index in [1.54, 1.807) is 12.1 Å². The van der Waals surface area contributed by atoms with Crippen LogP contribution in [0.1, 0.15) is 5.69 Å². The van der Waals surface area contributed by atoms with E-state index < -0.39 is 14.9 Å². The van der Waals surface area contributed by atoms with Gasteiger partial charge in [0.25, 0.3) is 15.7 Å². The number of anilines is 1. The number of pyridine rings is 1. The molecule has 27 heavy (non-hydrogen) atoms. The number of non-ortho nitro benzene ring substituents is 1. The number of fused-ring (bicyclic) bond motifs is 1. The molecule has 3 rings (SSSR count). The maximum Gasteiger partial charge on any atom is 0.269 e. The Morgan fingerprint density at radius 1 is 1.07 bits per heavy atom. The molecule has 0 saturated heterocycles. The van der Waals surface area contributed by atoms with E-state index in [9.17, 15) is 18.5 Å². The molecule has 0 aliphatic rings. The molecule has 0 amide bonds. The zero-order valence-electron chi connectivity index (χ0n) is 14.8. The van der Waals surface area contributed by atoms with Crippen molar-refractivity contribution in [3.05, 3.63) is 70.4 Å². The molecular weight excluding hydrogens is 368 g/mol. The molecule has 0 spiro atoms. The summed E-state index contributed by atoms with van der Waals surface area (Å²) in [5.41, 5.74) is 1.54. The lowest BCUT2D eigenvalue weighted by Gasteiger charge is -2.13. The normalized spacial score (nSPS) is 11.7. The fourth-order valence-electron chi connectivity index (χ4n) is 2.63. The Labute approximate surface area is 156 Å².